The standard InChI is InChI=1S/C12H22O4/c1-6-7-8-14-11(13)9-10(2)15-16-12(3,4)5/h9H,6-8H2,1-5H3. The van der Waals surface area contributed by atoms with Crippen molar-refractivity contribution in [2.24, 2.45) is 0 Å². The van der Waals surface area contributed by atoms with Gasteiger partial charge in [-0.15, -0.1) is 0 Å². The highest BCUT2D eigenvalue weighted by atomic mass is 17.2. The summed E-state index contributed by atoms with van der Waals surface area (Å²) in [5.74, 6) is -0.0140. The van der Waals surface area contributed by atoms with E-state index in [1.165, 1.54) is 6.08 Å². The molecule has 0 amide bonds. The van der Waals surface area contributed by atoms with Crippen LogP contribution in [0.4, 0.5) is 0 Å². The number of esters is 1. The molecule has 0 aliphatic heterocycles. The summed E-state index contributed by atoms with van der Waals surface area (Å²) in [6, 6.07) is 0. The van der Waals surface area contributed by atoms with Crippen molar-refractivity contribution < 1.29 is 19.3 Å². The Morgan fingerprint density at radius 3 is 2.44 bits per heavy atom. The van der Waals surface area contributed by atoms with E-state index in [4.69, 9.17) is 14.5 Å². The average molecular weight is 230 g/mol. The molecule has 0 radical (unpaired) electrons. The molecule has 0 rings (SSSR count). The summed E-state index contributed by atoms with van der Waals surface area (Å²) < 4.78 is 4.93. The molecular weight excluding hydrogens is 208 g/mol. The Kier molecular flexibility index (Phi) is 6.81. The predicted octanol–water partition coefficient (Wildman–Crippen LogP) is 2.98. The Bertz CT molecular complexity index is 238. The zero-order chi connectivity index (χ0) is 12.6. The molecule has 0 aliphatic carbocycles. The summed E-state index contributed by atoms with van der Waals surface area (Å²) in [5, 5.41) is 0. The molecule has 0 saturated heterocycles. The predicted molar refractivity (Wildman–Crippen MR) is 61.5 cm³/mol. The minimum Gasteiger partial charge on any atom is -0.462 e. The van der Waals surface area contributed by atoms with Gasteiger partial charge in [-0.3, -0.25) is 0 Å². The first kappa shape index (κ1) is 15.0. The van der Waals surface area contributed by atoms with Crippen molar-refractivity contribution in [3.05, 3.63) is 11.8 Å². The maximum Gasteiger partial charge on any atom is 0.334 e. The Hall–Kier alpha value is -1.03. The Labute approximate surface area is 97.5 Å². The molecule has 0 N–H and O–H groups in total. The fourth-order valence-electron chi connectivity index (χ4n) is 0.740. The van der Waals surface area contributed by atoms with E-state index in [1.807, 2.05) is 27.7 Å². The zero-order valence-corrected chi connectivity index (χ0v) is 10.8. The van der Waals surface area contributed by atoms with Crippen LogP contribution in [0.1, 0.15) is 47.5 Å². The van der Waals surface area contributed by atoms with Crippen LogP contribution in [-0.2, 0) is 19.3 Å². The van der Waals surface area contributed by atoms with Crippen molar-refractivity contribution >= 4 is 5.97 Å². The fourth-order valence-corrected chi connectivity index (χ4v) is 0.740. The normalized spacial score (nSPS) is 12.4. The van der Waals surface area contributed by atoms with Crippen molar-refractivity contribution in [2.75, 3.05) is 6.61 Å². The van der Waals surface area contributed by atoms with E-state index in [9.17, 15) is 4.79 Å². The second kappa shape index (κ2) is 7.28. The van der Waals surface area contributed by atoms with Gasteiger partial charge in [-0.25, -0.2) is 4.79 Å². The van der Waals surface area contributed by atoms with Crippen LogP contribution in [0.2, 0.25) is 0 Å². The number of rotatable bonds is 6. The molecule has 94 valence electrons. The molecule has 0 spiro atoms. The summed E-state index contributed by atoms with van der Waals surface area (Å²) in [4.78, 5) is 21.2. The highest BCUT2D eigenvalue weighted by molar-refractivity contribution is 5.82. The van der Waals surface area contributed by atoms with Crippen molar-refractivity contribution in [3.63, 3.8) is 0 Å². The minimum atomic E-state index is -0.402. The third-order valence-electron chi connectivity index (χ3n) is 1.49. The average Bonchev–Trinajstić information content (AvgIpc) is 2.14. The molecule has 4 heteroatoms. The second-order valence-electron chi connectivity index (χ2n) is 4.56. The number of carbonyl (C=O) groups is 1. The molecule has 0 fully saturated rings. The first-order valence-electron chi connectivity index (χ1n) is 5.56. The van der Waals surface area contributed by atoms with E-state index in [0.29, 0.717) is 12.4 Å². The van der Waals surface area contributed by atoms with Crippen LogP contribution in [0.15, 0.2) is 11.8 Å². The lowest BCUT2D eigenvalue weighted by Crippen LogP contribution is -2.19. The molecule has 0 aromatic carbocycles. The second-order valence-corrected chi connectivity index (χ2v) is 4.56. The van der Waals surface area contributed by atoms with E-state index < -0.39 is 11.6 Å². The summed E-state index contributed by atoms with van der Waals surface area (Å²) >= 11 is 0. The first-order valence-corrected chi connectivity index (χ1v) is 5.56. The topological polar surface area (TPSA) is 44.8 Å². The number of allylic oxidation sites excluding steroid dienone is 1. The number of hydrogen-bond acceptors (Lipinski definition) is 4. The molecule has 0 unspecified atom stereocenters. The molecule has 0 aliphatic rings. The summed E-state index contributed by atoms with van der Waals surface area (Å²) in [6.45, 7) is 9.71. The van der Waals surface area contributed by atoms with Gasteiger partial charge in [0.2, 0.25) is 0 Å². The van der Waals surface area contributed by atoms with Crippen molar-refractivity contribution in [1.82, 2.24) is 0 Å². The molecule has 0 heterocycles. The van der Waals surface area contributed by atoms with E-state index in [-0.39, 0.29) is 0 Å². The van der Waals surface area contributed by atoms with E-state index in [2.05, 4.69) is 0 Å². The Morgan fingerprint density at radius 2 is 1.94 bits per heavy atom. The first-order chi connectivity index (χ1) is 7.35. The van der Waals surface area contributed by atoms with Gasteiger partial charge in [0.05, 0.1) is 12.7 Å². The summed E-state index contributed by atoms with van der Waals surface area (Å²) in [5.41, 5.74) is -0.402. The van der Waals surface area contributed by atoms with Gasteiger partial charge in [-0.1, -0.05) is 13.3 Å². The van der Waals surface area contributed by atoms with Crippen LogP contribution in [0.5, 0.6) is 0 Å². The quantitative estimate of drug-likeness (QED) is 0.176. The van der Waals surface area contributed by atoms with Crippen LogP contribution in [-0.4, -0.2) is 18.2 Å². The Balaban J connectivity index is 3.88. The van der Waals surface area contributed by atoms with Gasteiger partial charge in [0.25, 0.3) is 0 Å². The van der Waals surface area contributed by atoms with Crippen molar-refractivity contribution in [1.29, 1.82) is 0 Å². The van der Waals surface area contributed by atoms with Crippen LogP contribution >= 0.6 is 0 Å². The number of hydrogen-bond donors (Lipinski definition) is 0. The molecule has 16 heavy (non-hydrogen) atoms. The van der Waals surface area contributed by atoms with E-state index in [0.717, 1.165) is 12.8 Å². The minimum absolute atomic E-state index is 0.386. The van der Waals surface area contributed by atoms with E-state index >= 15 is 0 Å². The van der Waals surface area contributed by atoms with Gasteiger partial charge in [-0.2, -0.15) is 4.89 Å². The smallest absolute Gasteiger partial charge is 0.334 e. The van der Waals surface area contributed by atoms with Crippen molar-refractivity contribution in [2.45, 2.75) is 53.1 Å². The lowest BCUT2D eigenvalue weighted by atomic mass is 10.2. The molecule has 0 saturated carbocycles. The van der Waals surface area contributed by atoms with Gasteiger partial charge in [-0.05, 0) is 34.1 Å². The lowest BCUT2D eigenvalue weighted by Gasteiger charge is -2.17. The highest BCUT2D eigenvalue weighted by Crippen LogP contribution is 2.10. The van der Waals surface area contributed by atoms with Gasteiger partial charge >= 0.3 is 5.97 Å². The third kappa shape index (κ3) is 9.52. The number of ether oxygens (including phenoxy) is 1. The number of carbonyl (C=O) groups excluding carboxylic acids is 1. The molecule has 0 bridgehead atoms. The summed E-state index contributed by atoms with van der Waals surface area (Å²) in [6.07, 6.45) is 3.15. The van der Waals surface area contributed by atoms with E-state index in [1.54, 1.807) is 6.92 Å². The zero-order valence-electron chi connectivity index (χ0n) is 10.8. The SMILES string of the molecule is CCCCOC(=O)C=C(C)OOC(C)(C)C. The summed E-state index contributed by atoms with van der Waals surface area (Å²) in [7, 11) is 0. The van der Waals surface area contributed by atoms with Crippen LogP contribution in [0.25, 0.3) is 0 Å². The van der Waals surface area contributed by atoms with Crippen LogP contribution in [0, 0.1) is 0 Å². The molecule has 0 aromatic rings. The maximum absolute atomic E-state index is 11.2. The third-order valence-corrected chi connectivity index (χ3v) is 1.49. The monoisotopic (exact) mass is 230 g/mol. The highest BCUT2D eigenvalue weighted by Gasteiger charge is 2.12. The van der Waals surface area contributed by atoms with Gasteiger partial charge in [0, 0.05) is 0 Å². The van der Waals surface area contributed by atoms with Gasteiger partial charge in [0.1, 0.15) is 11.4 Å². The fraction of sp³-hybridized carbons (Fsp3) is 0.750. The van der Waals surface area contributed by atoms with Crippen LogP contribution < -0.4 is 0 Å². The largest absolute Gasteiger partial charge is 0.462 e. The van der Waals surface area contributed by atoms with Gasteiger partial charge < -0.3 is 9.62 Å². The number of unbranched alkanes of at least 4 members (excludes halogenated alkanes) is 1. The molecule has 0 atom stereocenters. The Morgan fingerprint density at radius 1 is 1.31 bits per heavy atom. The van der Waals surface area contributed by atoms with Crippen molar-refractivity contribution in [3.8, 4) is 0 Å². The van der Waals surface area contributed by atoms with Gasteiger partial charge in [0.15, 0.2) is 0 Å². The molecule has 4 nitrogen and oxygen atoms in total. The lowest BCUT2D eigenvalue weighted by molar-refractivity contribution is -0.320. The maximum atomic E-state index is 11.2. The van der Waals surface area contributed by atoms with Crippen LogP contribution in [0.3, 0.4) is 0 Å². The molecular formula is C12H22O4. The molecule has 0 aromatic heterocycles.